The lowest BCUT2D eigenvalue weighted by atomic mass is 9.81. The molecule has 1 heterocycles. The second-order valence-corrected chi connectivity index (χ2v) is 14.6. The first-order valence-corrected chi connectivity index (χ1v) is 18.2. The first-order valence-electron chi connectivity index (χ1n) is 18.2. The third kappa shape index (κ3) is 3.98. The average Bonchev–Trinajstić information content (AvgIpc) is 3.99. The van der Waals surface area contributed by atoms with Crippen LogP contribution in [0.5, 0.6) is 46.0 Å². The molecular formula is C47H30O9. The molecule has 11 rings (SSSR count). The minimum absolute atomic E-state index is 0.115. The summed E-state index contributed by atoms with van der Waals surface area (Å²) in [7, 11) is 0. The molecule has 10 aromatic rings. The summed E-state index contributed by atoms with van der Waals surface area (Å²) >= 11 is 0. The highest BCUT2D eigenvalue weighted by atomic mass is 16.4. The van der Waals surface area contributed by atoms with Crippen LogP contribution in [0.4, 0.5) is 0 Å². The smallest absolute Gasteiger partial charge is 0.205 e. The van der Waals surface area contributed by atoms with E-state index in [0.717, 1.165) is 54.2 Å². The molecule has 1 aromatic heterocycles. The molecule has 9 heteroatoms. The van der Waals surface area contributed by atoms with Gasteiger partial charge in [0.25, 0.3) is 0 Å². The van der Waals surface area contributed by atoms with Crippen LogP contribution in [0.25, 0.3) is 98.1 Å². The van der Waals surface area contributed by atoms with Gasteiger partial charge >= 0.3 is 0 Å². The molecule has 0 saturated heterocycles. The van der Waals surface area contributed by atoms with E-state index in [2.05, 4.69) is 42.5 Å². The highest BCUT2D eigenvalue weighted by Gasteiger charge is 2.38. The minimum Gasteiger partial charge on any atom is -0.504 e. The quantitative estimate of drug-likeness (QED) is 0.0379. The van der Waals surface area contributed by atoms with E-state index in [4.69, 9.17) is 4.42 Å². The topological polar surface area (TPSA) is 175 Å². The summed E-state index contributed by atoms with van der Waals surface area (Å²) in [6, 6.07) is 34.7. The van der Waals surface area contributed by atoms with E-state index in [1.165, 1.54) is 0 Å². The lowest BCUT2D eigenvalue weighted by Gasteiger charge is -2.22. The number of benzene rings is 9. The molecule has 0 radical (unpaired) electrons. The Hall–Kier alpha value is -7.52. The van der Waals surface area contributed by atoms with Gasteiger partial charge in [0.2, 0.25) is 17.2 Å². The zero-order valence-electron chi connectivity index (χ0n) is 29.3. The maximum atomic E-state index is 12.2. The summed E-state index contributed by atoms with van der Waals surface area (Å²) in [6.07, 6.45) is 1.41. The van der Waals surface area contributed by atoms with Crippen molar-refractivity contribution in [1.82, 2.24) is 0 Å². The second-order valence-electron chi connectivity index (χ2n) is 14.6. The minimum atomic E-state index is -1.11. The predicted octanol–water partition coefficient (Wildman–Crippen LogP) is 11.2. The van der Waals surface area contributed by atoms with Crippen LogP contribution in [-0.2, 0) is 0 Å². The van der Waals surface area contributed by atoms with E-state index in [-0.39, 0.29) is 27.9 Å². The van der Waals surface area contributed by atoms with E-state index >= 15 is 0 Å². The molecule has 8 N–H and O–H groups in total. The van der Waals surface area contributed by atoms with Gasteiger partial charge in [0.1, 0.15) is 0 Å². The van der Waals surface area contributed by atoms with Crippen LogP contribution in [0.1, 0.15) is 24.3 Å². The predicted molar refractivity (Wildman–Crippen MR) is 217 cm³/mol. The standard InChI is InChI=1S/C47H30O9/c48-38-33(30(20-17-18-20)34-36-41(51)39(49)35-37(46(36)56-47(34)45(38)55)42(52)44(54)43(53)40(35)50)32-27-15-7-5-13-25(27)31(26-14-6-8-16-28(26)32)29-19-21-9-1-2-10-22(21)23-11-3-4-12-24(23)29/h1-16,19-20,48-55H,17-18H2. The summed E-state index contributed by atoms with van der Waals surface area (Å²) in [5.41, 5.74) is 3.02. The molecule has 1 aliphatic rings. The van der Waals surface area contributed by atoms with Crippen molar-refractivity contribution in [2.24, 2.45) is 0 Å². The molecule has 1 fully saturated rings. The van der Waals surface area contributed by atoms with Crippen LogP contribution < -0.4 is 0 Å². The fraction of sp³-hybridized carbons (Fsp3) is 0.0638. The van der Waals surface area contributed by atoms with Crippen molar-refractivity contribution in [3.8, 4) is 68.2 Å². The molecule has 0 atom stereocenters. The van der Waals surface area contributed by atoms with Crippen molar-refractivity contribution in [3.05, 3.63) is 109 Å². The molecule has 9 nitrogen and oxygen atoms in total. The lowest BCUT2D eigenvalue weighted by Crippen LogP contribution is -1.96. The molecular weight excluding hydrogens is 709 g/mol. The largest absolute Gasteiger partial charge is 0.504 e. The molecule has 9 aromatic carbocycles. The van der Waals surface area contributed by atoms with Crippen molar-refractivity contribution >= 4 is 75.8 Å². The Kier molecular flexibility index (Phi) is 6.29. The van der Waals surface area contributed by atoms with Crippen LogP contribution in [0.2, 0.25) is 0 Å². The lowest BCUT2D eigenvalue weighted by molar-refractivity contribution is 0.349. The monoisotopic (exact) mass is 738 g/mol. The normalized spacial score (nSPS) is 13.4. The van der Waals surface area contributed by atoms with Gasteiger partial charge in [-0.25, -0.2) is 0 Å². The van der Waals surface area contributed by atoms with E-state index in [1.807, 2.05) is 60.7 Å². The zero-order valence-corrected chi connectivity index (χ0v) is 29.3. The molecule has 1 aliphatic carbocycles. The summed E-state index contributed by atoms with van der Waals surface area (Å²) in [4.78, 5) is 0. The fourth-order valence-corrected chi connectivity index (χ4v) is 9.10. The van der Waals surface area contributed by atoms with Crippen LogP contribution in [-0.4, -0.2) is 40.9 Å². The highest BCUT2D eigenvalue weighted by molar-refractivity contribution is 6.29. The van der Waals surface area contributed by atoms with E-state index < -0.39 is 56.8 Å². The summed E-state index contributed by atoms with van der Waals surface area (Å²) in [5.74, 6) is -7.04. The maximum absolute atomic E-state index is 12.2. The van der Waals surface area contributed by atoms with Crippen molar-refractivity contribution < 1.29 is 45.3 Å². The highest BCUT2D eigenvalue weighted by Crippen LogP contribution is 2.63. The molecule has 272 valence electrons. The third-order valence-electron chi connectivity index (χ3n) is 11.6. The number of hydrogen-bond acceptors (Lipinski definition) is 9. The number of furan rings is 1. The van der Waals surface area contributed by atoms with Crippen molar-refractivity contribution in [2.75, 3.05) is 0 Å². The molecule has 0 spiro atoms. The summed E-state index contributed by atoms with van der Waals surface area (Å²) in [6.45, 7) is 0. The Balaban J connectivity index is 1.33. The Morgan fingerprint density at radius 1 is 0.375 bits per heavy atom. The van der Waals surface area contributed by atoms with Crippen LogP contribution in [0, 0.1) is 0 Å². The van der Waals surface area contributed by atoms with Crippen molar-refractivity contribution in [1.29, 1.82) is 0 Å². The Morgan fingerprint density at radius 3 is 1.45 bits per heavy atom. The molecule has 56 heavy (non-hydrogen) atoms. The first kappa shape index (κ1) is 32.0. The van der Waals surface area contributed by atoms with E-state index in [1.54, 1.807) is 0 Å². The average molecular weight is 739 g/mol. The van der Waals surface area contributed by atoms with Crippen molar-refractivity contribution in [3.63, 3.8) is 0 Å². The molecule has 0 unspecified atom stereocenters. The van der Waals surface area contributed by atoms with Crippen LogP contribution >= 0.6 is 0 Å². The summed E-state index contributed by atoms with van der Waals surface area (Å²) < 4.78 is 6.14. The number of phenols is 8. The van der Waals surface area contributed by atoms with Gasteiger partial charge in [0.15, 0.2) is 39.9 Å². The zero-order chi connectivity index (χ0) is 38.3. The van der Waals surface area contributed by atoms with Gasteiger partial charge in [-0.1, -0.05) is 97.1 Å². The van der Waals surface area contributed by atoms with Gasteiger partial charge in [-0.2, -0.15) is 0 Å². The number of aromatic hydroxyl groups is 8. The van der Waals surface area contributed by atoms with Gasteiger partial charge in [-0.3, -0.25) is 0 Å². The van der Waals surface area contributed by atoms with Crippen LogP contribution in [0.3, 0.4) is 0 Å². The summed E-state index contributed by atoms with van der Waals surface area (Å²) in [5, 5.41) is 96.6. The molecule has 0 bridgehead atoms. The molecule has 1 saturated carbocycles. The number of rotatable bonds is 3. The SMILES string of the molecule is Oc1c(-c2c3ccccc3c(-c3cc4ccccc4c4ccccc34)c3ccccc23)c(C2CC2)c2c(oc3c4c(O)c(O)c(O)c(O)c4c(O)c(O)c32)c1O. The number of phenolic OH excluding ortho intramolecular Hbond substituents is 8. The number of fused-ring (bicyclic) bond motifs is 10. The second kappa shape index (κ2) is 11.0. The van der Waals surface area contributed by atoms with Gasteiger partial charge < -0.3 is 45.3 Å². The Bertz CT molecular complexity index is 3350. The van der Waals surface area contributed by atoms with Crippen LogP contribution in [0.15, 0.2) is 108 Å². The molecule has 0 amide bonds. The van der Waals surface area contributed by atoms with Gasteiger partial charge in [-0.05, 0) is 84.6 Å². The Labute approximate surface area is 316 Å². The van der Waals surface area contributed by atoms with E-state index in [9.17, 15) is 40.9 Å². The van der Waals surface area contributed by atoms with Gasteiger partial charge in [0.05, 0.1) is 16.2 Å². The Morgan fingerprint density at radius 2 is 0.839 bits per heavy atom. The molecule has 0 aliphatic heterocycles. The van der Waals surface area contributed by atoms with Gasteiger partial charge in [-0.15, -0.1) is 0 Å². The number of hydrogen-bond donors (Lipinski definition) is 8. The first-order chi connectivity index (χ1) is 27.2. The fourth-order valence-electron chi connectivity index (χ4n) is 9.10. The van der Waals surface area contributed by atoms with E-state index in [0.29, 0.717) is 29.5 Å². The van der Waals surface area contributed by atoms with Gasteiger partial charge in [0, 0.05) is 16.5 Å². The third-order valence-corrected chi connectivity index (χ3v) is 11.6. The van der Waals surface area contributed by atoms with Crippen molar-refractivity contribution in [2.45, 2.75) is 18.8 Å². The maximum Gasteiger partial charge on any atom is 0.205 e.